The van der Waals surface area contributed by atoms with Gasteiger partial charge in [0.05, 0.1) is 12.2 Å². The second-order valence-corrected chi connectivity index (χ2v) is 9.39. The van der Waals surface area contributed by atoms with Crippen molar-refractivity contribution in [2.24, 2.45) is 4.99 Å². The number of hydrogen-bond acceptors (Lipinski definition) is 5. The Hall–Kier alpha value is -1.78. The average molecular weight is 544 g/mol. The van der Waals surface area contributed by atoms with Gasteiger partial charge in [0.15, 0.2) is 5.96 Å². The van der Waals surface area contributed by atoms with Crippen LogP contribution in [0.25, 0.3) is 0 Å². The van der Waals surface area contributed by atoms with Gasteiger partial charge in [-0.25, -0.2) is 9.78 Å². The summed E-state index contributed by atoms with van der Waals surface area (Å²) in [6, 6.07) is 6.76. The molecule has 2 atom stereocenters. The standard InChI is InChI=1S/C22H36N6O2.HI/c1-22(2,3)30-21(29)28-17-10-11-18(28)13-16(12-17)26-20(23-4)24-14-15-8-7-9-19(25-15)27(5)6;/h7-9,16-18H,10-14H2,1-6H3,(H2,23,24,26);1H. The quantitative estimate of drug-likeness (QED) is 0.344. The highest BCUT2D eigenvalue weighted by molar-refractivity contribution is 14.0. The molecule has 31 heavy (non-hydrogen) atoms. The molecule has 0 radical (unpaired) electrons. The lowest BCUT2D eigenvalue weighted by atomic mass is 9.98. The monoisotopic (exact) mass is 544 g/mol. The summed E-state index contributed by atoms with van der Waals surface area (Å²) in [5.74, 6) is 1.70. The molecule has 3 heterocycles. The molecule has 2 bridgehead atoms. The Morgan fingerprint density at radius 1 is 1.26 bits per heavy atom. The number of piperidine rings is 1. The summed E-state index contributed by atoms with van der Waals surface area (Å²) >= 11 is 0. The highest BCUT2D eigenvalue weighted by Gasteiger charge is 2.45. The van der Waals surface area contributed by atoms with Gasteiger partial charge in [-0.1, -0.05) is 6.07 Å². The van der Waals surface area contributed by atoms with Gasteiger partial charge in [-0.2, -0.15) is 0 Å². The van der Waals surface area contributed by atoms with Crippen molar-refractivity contribution in [3.05, 3.63) is 23.9 Å². The summed E-state index contributed by atoms with van der Waals surface area (Å²) in [6.07, 6.45) is 3.71. The Labute approximate surface area is 203 Å². The normalized spacial score (nSPS) is 23.1. The number of rotatable bonds is 4. The summed E-state index contributed by atoms with van der Waals surface area (Å²) < 4.78 is 5.63. The van der Waals surface area contributed by atoms with Crippen LogP contribution in [0.15, 0.2) is 23.2 Å². The minimum absolute atomic E-state index is 0. The van der Waals surface area contributed by atoms with Crippen molar-refractivity contribution in [2.75, 3.05) is 26.0 Å². The zero-order chi connectivity index (χ0) is 21.9. The Kier molecular flexibility index (Phi) is 8.79. The van der Waals surface area contributed by atoms with E-state index in [2.05, 4.69) is 20.6 Å². The summed E-state index contributed by atoms with van der Waals surface area (Å²) in [4.78, 5) is 25.6. The number of nitrogens with zero attached hydrogens (tertiary/aromatic N) is 4. The Morgan fingerprint density at radius 3 is 2.45 bits per heavy atom. The van der Waals surface area contributed by atoms with E-state index in [0.717, 1.165) is 43.2 Å². The molecule has 8 nitrogen and oxygen atoms in total. The number of carbonyl (C=O) groups is 1. The number of amides is 1. The number of anilines is 1. The highest BCUT2D eigenvalue weighted by Crippen LogP contribution is 2.36. The number of ether oxygens (including phenoxy) is 1. The number of nitrogens with one attached hydrogen (secondary N) is 2. The van der Waals surface area contributed by atoms with E-state index in [9.17, 15) is 4.79 Å². The second-order valence-electron chi connectivity index (χ2n) is 9.39. The molecule has 0 aromatic carbocycles. The second kappa shape index (κ2) is 10.7. The van der Waals surface area contributed by atoms with Gasteiger partial charge in [-0.3, -0.25) is 4.99 Å². The van der Waals surface area contributed by atoms with E-state index in [1.54, 1.807) is 7.05 Å². The average Bonchev–Trinajstić information content (AvgIpc) is 2.95. The topological polar surface area (TPSA) is 82.1 Å². The molecule has 2 N–H and O–H groups in total. The molecular weight excluding hydrogens is 507 g/mol. The van der Waals surface area contributed by atoms with Gasteiger partial charge >= 0.3 is 6.09 Å². The van der Waals surface area contributed by atoms with Crippen LogP contribution in [0, 0.1) is 0 Å². The first-order chi connectivity index (χ1) is 14.2. The van der Waals surface area contributed by atoms with Crippen LogP contribution >= 0.6 is 24.0 Å². The number of halogens is 1. The van der Waals surface area contributed by atoms with Gasteiger partial charge < -0.3 is 25.2 Å². The summed E-state index contributed by atoms with van der Waals surface area (Å²) in [7, 11) is 5.75. The van der Waals surface area contributed by atoms with Gasteiger partial charge in [0, 0.05) is 39.3 Å². The molecule has 2 unspecified atom stereocenters. The highest BCUT2D eigenvalue weighted by atomic mass is 127. The number of aliphatic imine (C=N–C) groups is 1. The molecule has 2 saturated heterocycles. The van der Waals surface area contributed by atoms with E-state index in [-0.39, 0.29) is 48.2 Å². The van der Waals surface area contributed by atoms with Crippen LogP contribution in [-0.2, 0) is 11.3 Å². The fourth-order valence-electron chi connectivity index (χ4n) is 4.28. The van der Waals surface area contributed by atoms with Gasteiger partial charge in [0.25, 0.3) is 0 Å². The van der Waals surface area contributed by atoms with Crippen molar-refractivity contribution >= 4 is 41.8 Å². The fourth-order valence-corrected chi connectivity index (χ4v) is 4.28. The van der Waals surface area contributed by atoms with Crippen molar-refractivity contribution in [3.63, 3.8) is 0 Å². The third-order valence-electron chi connectivity index (χ3n) is 5.59. The molecule has 1 amide bonds. The molecule has 0 saturated carbocycles. The molecule has 1 aromatic rings. The SMILES string of the molecule is CN=C(NCc1cccc(N(C)C)n1)NC1CC2CCC(C1)N2C(=O)OC(C)(C)C.I. The summed E-state index contributed by atoms with van der Waals surface area (Å²) in [6.45, 7) is 6.35. The third kappa shape index (κ3) is 6.85. The van der Waals surface area contributed by atoms with E-state index < -0.39 is 5.60 Å². The zero-order valence-electron chi connectivity index (χ0n) is 19.5. The number of pyridine rings is 1. The van der Waals surface area contributed by atoms with Crippen molar-refractivity contribution in [1.82, 2.24) is 20.5 Å². The Bertz CT molecular complexity index is 766. The Balaban J connectivity index is 0.00000341. The molecule has 2 aliphatic heterocycles. The van der Waals surface area contributed by atoms with Crippen LogP contribution < -0.4 is 15.5 Å². The third-order valence-corrected chi connectivity index (χ3v) is 5.59. The maximum atomic E-state index is 12.6. The van der Waals surface area contributed by atoms with Gasteiger partial charge in [-0.05, 0) is 58.6 Å². The van der Waals surface area contributed by atoms with Gasteiger partial charge in [-0.15, -0.1) is 24.0 Å². The first-order valence-corrected chi connectivity index (χ1v) is 10.8. The molecule has 2 fully saturated rings. The minimum atomic E-state index is -0.463. The van der Waals surface area contributed by atoms with Crippen LogP contribution in [0.5, 0.6) is 0 Å². The predicted molar refractivity (Wildman–Crippen MR) is 135 cm³/mol. The molecule has 2 aliphatic rings. The van der Waals surface area contributed by atoms with E-state index in [0.29, 0.717) is 6.54 Å². The summed E-state index contributed by atoms with van der Waals surface area (Å²) in [5, 5.41) is 6.91. The van der Waals surface area contributed by atoms with Crippen LogP contribution in [0.1, 0.15) is 52.1 Å². The van der Waals surface area contributed by atoms with Crippen LogP contribution in [0.2, 0.25) is 0 Å². The molecule has 0 spiro atoms. The lowest BCUT2D eigenvalue weighted by molar-refractivity contribution is 0.00545. The van der Waals surface area contributed by atoms with Gasteiger partial charge in [0.1, 0.15) is 11.4 Å². The maximum Gasteiger partial charge on any atom is 0.410 e. The summed E-state index contributed by atoms with van der Waals surface area (Å²) in [5.41, 5.74) is 0.499. The van der Waals surface area contributed by atoms with E-state index in [4.69, 9.17) is 4.74 Å². The first kappa shape index (κ1) is 25.5. The smallest absolute Gasteiger partial charge is 0.410 e. The first-order valence-electron chi connectivity index (χ1n) is 10.8. The molecule has 3 rings (SSSR count). The van der Waals surface area contributed by atoms with E-state index >= 15 is 0 Å². The number of fused-ring (bicyclic) bond motifs is 2. The van der Waals surface area contributed by atoms with Crippen molar-refractivity contribution in [2.45, 2.75) is 76.7 Å². The lowest BCUT2D eigenvalue weighted by Crippen LogP contribution is -2.54. The van der Waals surface area contributed by atoms with E-state index in [1.165, 1.54) is 0 Å². The van der Waals surface area contributed by atoms with Crippen molar-refractivity contribution in [1.29, 1.82) is 0 Å². The molecule has 9 heteroatoms. The minimum Gasteiger partial charge on any atom is -0.444 e. The zero-order valence-corrected chi connectivity index (χ0v) is 21.8. The Morgan fingerprint density at radius 2 is 1.90 bits per heavy atom. The largest absolute Gasteiger partial charge is 0.444 e. The molecular formula is C22H37IN6O2. The van der Waals surface area contributed by atoms with Crippen molar-refractivity contribution < 1.29 is 9.53 Å². The number of hydrogen-bond donors (Lipinski definition) is 2. The molecule has 1 aromatic heterocycles. The van der Waals surface area contributed by atoms with Crippen LogP contribution in [0.4, 0.5) is 10.6 Å². The lowest BCUT2D eigenvalue weighted by Gasteiger charge is -2.40. The van der Waals surface area contributed by atoms with E-state index in [1.807, 2.05) is 62.9 Å². The van der Waals surface area contributed by atoms with Crippen LogP contribution in [-0.4, -0.2) is 66.8 Å². The predicted octanol–water partition coefficient (Wildman–Crippen LogP) is 3.36. The maximum absolute atomic E-state index is 12.6. The van der Waals surface area contributed by atoms with Gasteiger partial charge in [0.2, 0.25) is 0 Å². The number of carbonyl (C=O) groups excluding carboxylic acids is 1. The molecule has 174 valence electrons. The fraction of sp³-hybridized carbons (Fsp3) is 0.682. The van der Waals surface area contributed by atoms with Crippen molar-refractivity contribution in [3.8, 4) is 0 Å². The number of aromatic nitrogens is 1. The number of guanidine groups is 1. The van der Waals surface area contributed by atoms with Crippen LogP contribution in [0.3, 0.4) is 0 Å². The molecule has 0 aliphatic carbocycles.